The third-order valence-corrected chi connectivity index (χ3v) is 1.93. The zero-order valence-corrected chi connectivity index (χ0v) is 8.75. The molecule has 0 saturated carbocycles. The van der Waals surface area contributed by atoms with Crippen molar-refractivity contribution < 1.29 is 14.1 Å². The van der Waals surface area contributed by atoms with Crippen LogP contribution in [0.4, 0.5) is 10.1 Å². The average Bonchev–Trinajstić information content (AvgIpc) is 2.16. The lowest BCUT2D eigenvalue weighted by atomic mass is 10.3. The van der Waals surface area contributed by atoms with Gasteiger partial charge in [0.15, 0.2) is 11.6 Å². The van der Waals surface area contributed by atoms with Gasteiger partial charge in [0.1, 0.15) is 0 Å². The number of hydrogen-bond acceptors (Lipinski definition) is 3. The van der Waals surface area contributed by atoms with Crippen LogP contribution in [0.3, 0.4) is 0 Å². The van der Waals surface area contributed by atoms with Crippen molar-refractivity contribution >= 4 is 17.3 Å². The van der Waals surface area contributed by atoms with Crippen molar-refractivity contribution in [3.05, 3.63) is 33.1 Å². The van der Waals surface area contributed by atoms with E-state index in [1.54, 1.807) is 0 Å². The largest absolute Gasteiger partial charge is 0.489 e. The summed E-state index contributed by atoms with van der Waals surface area (Å²) < 4.78 is 18.3. The lowest BCUT2D eigenvalue weighted by molar-refractivity contribution is -0.385. The Morgan fingerprint density at radius 3 is 2.73 bits per heavy atom. The van der Waals surface area contributed by atoms with Crippen molar-refractivity contribution in [1.29, 1.82) is 0 Å². The fourth-order valence-electron chi connectivity index (χ4n) is 0.994. The van der Waals surface area contributed by atoms with Crippen LogP contribution in [0.2, 0.25) is 5.02 Å². The fraction of sp³-hybridized carbons (Fsp3) is 0.333. The SMILES string of the molecule is CCCOc1c(F)cc([N+](=O)[O-])cc1Cl. The number of nitrogens with zero attached hydrogens (tertiary/aromatic N) is 1. The van der Waals surface area contributed by atoms with E-state index >= 15 is 0 Å². The molecule has 0 aliphatic carbocycles. The van der Waals surface area contributed by atoms with Gasteiger partial charge in [0.25, 0.3) is 5.69 Å². The number of benzene rings is 1. The number of nitro groups is 1. The van der Waals surface area contributed by atoms with E-state index in [-0.39, 0.29) is 16.5 Å². The van der Waals surface area contributed by atoms with Gasteiger partial charge in [-0.3, -0.25) is 10.1 Å². The fourth-order valence-corrected chi connectivity index (χ4v) is 1.25. The summed E-state index contributed by atoms with van der Waals surface area (Å²) >= 11 is 5.65. The molecule has 0 spiro atoms. The van der Waals surface area contributed by atoms with Crippen molar-refractivity contribution in [3.8, 4) is 5.75 Å². The van der Waals surface area contributed by atoms with Crippen LogP contribution in [0.5, 0.6) is 5.75 Å². The second-order valence-electron chi connectivity index (χ2n) is 2.84. The topological polar surface area (TPSA) is 52.4 Å². The van der Waals surface area contributed by atoms with Gasteiger partial charge in [0, 0.05) is 6.07 Å². The van der Waals surface area contributed by atoms with Crippen LogP contribution in [-0.2, 0) is 0 Å². The van der Waals surface area contributed by atoms with Crippen molar-refractivity contribution in [3.63, 3.8) is 0 Å². The molecule has 1 aromatic rings. The van der Waals surface area contributed by atoms with Gasteiger partial charge in [-0.1, -0.05) is 18.5 Å². The van der Waals surface area contributed by atoms with E-state index in [0.29, 0.717) is 13.0 Å². The monoisotopic (exact) mass is 233 g/mol. The summed E-state index contributed by atoms with van der Waals surface area (Å²) in [4.78, 5) is 9.66. The van der Waals surface area contributed by atoms with E-state index in [9.17, 15) is 14.5 Å². The lowest BCUT2D eigenvalue weighted by Gasteiger charge is -2.07. The number of hydrogen-bond donors (Lipinski definition) is 0. The molecule has 0 saturated heterocycles. The summed E-state index contributed by atoms with van der Waals surface area (Å²) in [6.45, 7) is 2.17. The molecule has 0 amide bonds. The molecule has 0 aliphatic heterocycles. The molecule has 6 heteroatoms. The maximum atomic E-state index is 13.3. The minimum atomic E-state index is -0.817. The van der Waals surface area contributed by atoms with E-state index < -0.39 is 10.7 Å². The molecule has 0 N–H and O–H groups in total. The van der Waals surface area contributed by atoms with Crippen LogP contribution >= 0.6 is 11.6 Å². The van der Waals surface area contributed by atoms with Crippen molar-refractivity contribution in [2.45, 2.75) is 13.3 Å². The molecule has 1 aromatic carbocycles. The molecule has 0 unspecified atom stereocenters. The van der Waals surface area contributed by atoms with Gasteiger partial charge in [-0.15, -0.1) is 0 Å². The molecule has 15 heavy (non-hydrogen) atoms. The predicted octanol–water partition coefficient (Wildman–Crippen LogP) is 3.18. The molecule has 0 heterocycles. The maximum Gasteiger partial charge on any atom is 0.274 e. The van der Waals surface area contributed by atoms with Crippen LogP contribution in [0.25, 0.3) is 0 Å². The Labute approximate surface area is 90.8 Å². The standard InChI is InChI=1S/C9H9ClFNO3/c1-2-3-15-9-7(10)4-6(12(13)14)5-8(9)11/h4-5H,2-3H2,1H3. The van der Waals surface area contributed by atoms with E-state index in [1.807, 2.05) is 6.92 Å². The summed E-state index contributed by atoms with van der Waals surface area (Å²) in [6, 6.07) is 1.85. The number of rotatable bonds is 4. The molecule has 1 rings (SSSR count). The first-order chi connectivity index (χ1) is 7.06. The van der Waals surface area contributed by atoms with Gasteiger partial charge >= 0.3 is 0 Å². The molecule has 0 radical (unpaired) electrons. The van der Waals surface area contributed by atoms with Gasteiger partial charge in [0.05, 0.1) is 22.6 Å². The molecule has 0 bridgehead atoms. The maximum absolute atomic E-state index is 13.3. The first-order valence-corrected chi connectivity index (χ1v) is 4.70. The second-order valence-corrected chi connectivity index (χ2v) is 3.25. The molecule has 4 nitrogen and oxygen atoms in total. The normalized spacial score (nSPS) is 10.1. The third-order valence-electron chi connectivity index (χ3n) is 1.64. The van der Waals surface area contributed by atoms with Gasteiger partial charge in [-0.25, -0.2) is 4.39 Å². The predicted molar refractivity (Wildman–Crippen MR) is 53.9 cm³/mol. The minimum Gasteiger partial charge on any atom is -0.489 e. The summed E-state index contributed by atoms with van der Waals surface area (Å²) in [7, 11) is 0. The molecular weight excluding hydrogens is 225 g/mol. The highest BCUT2D eigenvalue weighted by atomic mass is 35.5. The summed E-state index contributed by atoms with van der Waals surface area (Å²) in [5, 5.41) is 10.3. The summed E-state index contributed by atoms with van der Waals surface area (Å²) in [5.74, 6) is -0.952. The van der Waals surface area contributed by atoms with E-state index in [1.165, 1.54) is 0 Å². The Morgan fingerprint density at radius 2 is 2.27 bits per heavy atom. The Hall–Kier alpha value is -1.36. The average molecular weight is 234 g/mol. The number of non-ortho nitro benzene ring substituents is 1. The molecule has 0 aliphatic rings. The zero-order chi connectivity index (χ0) is 11.4. The molecule has 0 aromatic heterocycles. The quantitative estimate of drug-likeness (QED) is 0.593. The van der Waals surface area contributed by atoms with E-state index in [4.69, 9.17) is 16.3 Å². The van der Waals surface area contributed by atoms with Crippen LogP contribution in [0, 0.1) is 15.9 Å². The van der Waals surface area contributed by atoms with Crippen molar-refractivity contribution in [1.82, 2.24) is 0 Å². The third kappa shape index (κ3) is 2.79. The van der Waals surface area contributed by atoms with Gasteiger partial charge in [0.2, 0.25) is 0 Å². The Bertz CT molecular complexity index is 361. The van der Waals surface area contributed by atoms with Gasteiger partial charge in [-0.2, -0.15) is 0 Å². The number of nitro benzene ring substituents is 1. The van der Waals surface area contributed by atoms with Gasteiger partial charge in [-0.05, 0) is 6.42 Å². The molecule has 82 valence electrons. The van der Waals surface area contributed by atoms with Crippen molar-refractivity contribution in [2.75, 3.05) is 6.61 Å². The van der Waals surface area contributed by atoms with Crippen LogP contribution in [0.15, 0.2) is 12.1 Å². The van der Waals surface area contributed by atoms with E-state index in [0.717, 1.165) is 12.1 Å². The molecule has 0 fully saturated rings. The first kappa shape index (κ1) is 11.7. The zero-order valence-electron chi connectivity index (χ0n) is 8.00. The summed E-state index contributed by atoms with van der Waals surface area (Å²) in [5.41, 5.74) is -0.388. The highest BCUT2D eigenvalue weighted by Crippen LogP contribution is 2.32. The second kappa shape index (κ2) is 4.93. The van der Waals surface area contributed by atoms with Gasteiger partial charge < -0.3 is 4.74 Å². The number of halogens is 2. The minimum absolute atomic E-state index is 0.0878. The van der Waals surface area contributed by atoms with Crippen LogP contribution in [-0.4, -0.2) is 11.5 Å². The van der Waals surface area contributed by atoms with Crippen LogP contribution < -0.4 is 4.74 Å². The van der Waals surface area contributed by atoms with Crippen LogP contribution in [0.1, 0.15) is 13.3 Å². The van der Waals surface area contributed by atoms with E-state index in [2.05, 4.69) is 0 Å². The Morgan fingerprint density at radius 1 is 1.60 bits per heavy atom. The Kier molecular flexibility index (Phi) is 3.85. The molecular formula is C9H9ClFNO3. The number of ether oxygens (including phenoxy) is 1. The highest BCUT2D eigenvalue weighted by molar-refractivity contribution is 6.32. The highest BCUT2D eigenvalue weighted by Gasteiger charge is 2.16. The smallest absolute Gasteiger partial charge is 0.274 e. The first-order valence-electron chi connectivity index (χ1n) is 4.32. The Balaban J connectivity index is 3.04. The van der Waals surface area contributed by atoms with Crippen molar-refractivity contribution in [2.24, 2.45) is 0 Å². The summed E-state index contributed by atoms with van der Waals surface area (Å²) in [6.07, 6.45) is 0.701. The molecule has 0 atom stereocenters. The lowest BCUT2D eigenvalue weighted by Crippen LogP contribution is -1.99.